The van der Waals surface area contributed by atoms with Gasteiger partial charge >= 0.3 is 5.97 Å². The topological polar surface area (TPSA) is 92.8 Å². The number of hydrogen-bond acceptors (Lipinski definition) is 5. The van der Waals surface area contributed by atoms with Gasteiger partial charge in [-0.3, -0.25) is 4.79 Å². The highest BCUT2D eigenvalue weighted by Gasteiger charge is 2.35. The minimum atomic E-state index is -1.01. The van der Waals surface area contributed by atoms with Gasteiger partial charge < -0.3 is 20.7 Å². The molecule has 4 N–H and O–H groups in total. The zero-order valence-electron chi connectivity index (χ0n) is 5.93. The zero-order chi connectivity index (χ0) is 8.43. The molecule has 5 heteroatoms. The Morgan fingerprint density at radius 1 is 1.82 bits per heavy atom. The van der Waals surface area contributed by atoms with Crippen molar-refractivity contribution >= 4 is 5.97 Å². The van der Waals surface area contributed by atoms with Gasteiger partial charge in [-0.2, -0.15) is 0 Å². The monoisotopic (exact) mass is 161 g/mol. The Morgan fingerprint density at radius 3 is 2.82 bits per heavy atom. The van der Waals surface area contributed by atoms with Crippen LogP contribution in [0.2, 0.25) is 0 Å². The molecule has 1 fully saturated rings. The van der Waals surface area contributed by atoms with E-state index in [4.69, 9.17) is 15.9 Å². The summed E-state index contributed by atoms with van der Waals surface area (Å²) in [5, 5.41) is 17.5. The first-order chi connectivity index (χ1) is 5.15. The molecule has 0 bridgehead atoms. The second-order valence-corrected chi connectivity index (χ2v) is 2.57. The van der Waals surface area contributed by atoms with Crippen LogP contribution in [0.25, 0.3) is 0 Å². The highest BCUT2D eigenvalue weighted by atomic mass is 16.6. The lowest BCUT2D eigenvalue weighted by molar-refractivity contribution is -0.147. The van der Waals surface area contributed by atoms with Crippen molar-refractivity contribution in [2.45, 2.75) is 24.7 Å². The molecule has 1 saturated heterocycles. The highest BCUT2D eigenvalue weighted by molar-refractivity contribution is 5.77. The summed E-state index contributed by atoms with van der Waals surface area (Å²) >= 11 is 0. The second-order valence-electron chi connectivity index (χ2n) is 2.57. The summed E-state index contributed by atoms with van der Waals surface area (Å²) in [5.74, 6) is -0.512. The number of esters is 1. The Kier molecular flexibility index (Phi) is 2.43. The summed E-state index contributed by atoms with van der Waals surface area (Å²) in [4.78, 5) is 10.7. The van der Waals surface area contributed by atoms with E-state index in [9.17, 15) is 4.79 Å². The van der Waals surface area contributed by atoms with E-state index in [-0.39, 0.29) is 6.42 Å². The Morgan fingerprint density at radius 2 is 2.45 bits per heavy atom. The SMILES string of the molecule is NC1CC(C(O)CO)OC1=O. The summed E-state index contributed by atoms with van der Waals surface area (Å²) in [7, 11) is 0. The fraction of sp³-hybridized carbons (Fsp3) is 0.833. The third-order valence-electron chi connectivity index (χ3n) is 1.67. The number of carbonyl (C=O) groups excluding carboxylic acids is 1. The van der Waals surface area contributed by atoms with E-state index in [1.54, 1.807) is 0 Å². The first-order valence-corrected chi connectivity index (χ1v) is 3.40. The Balaban J connectivity index is 2.46. The molecule has 0 saturated carbocycles. The normalized spacial score (nSPS) is 33.5. The van der Waals surface area contributed by atoms with Gasteiger partial charge in [0.2, 0.25) is 0 Å². The van der Waals surface area contributed by atoms with E-state index in [0.717, 1.165) is 0 Å². The van der Waals surface area contributed by atoms with Crippen LogP contribution in [-0.4, -0.2) is 41.0 Å². The van der Waals surface area contributed by atoms with Crippen molar-refractivity contribution in [3.8, 4) is 0 Å². The molecular weight excluding hydrogens is 150 g/mol. The first-order valence-electron chi connectivity index (χ1n) is 3.40. The number of nitrogens with two attached hydrogens (primary N) is 1. The molecule has 1 aliphatic heterocycles. The first kappa shape index (κ1) is 8.45. The molecule has 0 spiro atoms. The minimum Gasteiger partial charge on any atom is -0.458 e. The lowest BCUT2D eigenvalue weighted by Crippen LogP contribution is -2.29. The van der Waals surface area contributed by atoms with E-state index >= 15 is 0 Å². The van der Waals surface area contributed by atoms with Gasteiger partial charge in [-0.25, -0.2) is 0 Å². The fourth-order valence-electron chi connectivity index (χ4n) is 0.984. The van der Waals surface area contributed by atoms with Gasteiger partial charge in [0.25, 0.3) is 0 Å². The number of hydrogen-bond donors (Lipinski definition) is 3. The van der Waals surface area contributed by atoms with Gasteiger partial charge in [0, 0.05) is 6.42 Å². The predicted octanol–water partition coefficient (Wildman–Crippen LogP) is -2.02. The van der Waals surface area contributed by atoms with Gasteiger partial charge in [-0.1, -0.05) is 0 Å². The minimum absolute atomic E-state index is 0.278. The number of ether oxygens (including phenoxy) is 1. The second kappa shape index (κ2) is 3.17. The number of cyclic esters (lactones) is 1. The van der Waals surface area contributed by atoms with Crippen LogP contribution in [0, 0.1) is 0 Å². The van der Waals surface area contributed by atoms with Gasteiger partial charge in [0.1, 0.15) is 18.2 Å². The number of carbonyl (C=O) groups is 1. The van der Waals surface area contributed by atoms with E-state index in [2.05, 4.69) is 4.74 Å². The Hall–Kier alpha value is -0.650. The molecule has 1 heterocycles. The summed E-state index contributed by atoms with van der Waals surface area (Å²) < 4.78 is 4.65. The van der Waals surface area contributed by atoms with Crippen LogP contribution in [0.4, 0.5) is 0 Å². The van der Waals surface area contributed by atoms with Crippen molar-refractivity contribution in [2.24, 2.45) is 5.73 Å². The molecule has 5 nitrogen and oxygen atoms in total. The lowest BCUT2D eigenvalue weighted by Gasteiger charge is -2.13. The molecule has 3 unspecified atom stereocenters. The molecule has 0 aromatic heterocycles. The summed E-state index contributed by atoms with van der Waals surface area (Å²) in [6.45, 7) is -0.412. The number of rotatable bonds is 2. The van der Waals surface area contributed by atoms with Gasteiger partial charge in [-0.05, 0) is 0 Å². The number of aliphatic hydroxyl groups is 2. The van der Waals surface area contributed by atoms with Crippen molar-refractivity contribution in [3.63, 3.8) is 0 Å². The molecule has 0 amide bonds. The molecule has 64 valence electrons. The quantitative estimate of drug-likeness (QED) is 0.407. The fourth-order valence-corrected chi connectivity index (χ4v) is 0.984. The zero-order valence-corrected chi connectivity index (χ0v) is 5.93. The molecule has 3 atom stereocenters. The van der Waals surface area contributed by atoms with Gasteiger partial charge in [0.15, 0.2) is 0 Å². The lowest BCUT2D eigenvalue weighted by atomic mass is 10.1. The maximum absolute atomic E-state index is 10.7. The third-order valence-corrected chi connectivity index (χ3v) is 1.67. The van der Waals surface area contributed by atoms with Crippen LogP contribution >= 0.6 is 0 Å². The van der Waals surface area contributed by atoms with Crippen molar-refractivity contribution < 1.29 is 19.7 Å². The molecule has 1 rings (SSSR count). The molecule has 0 aliphatic carbocycles. The summed E-state index contributed by atoms with van der Waals surface area (Å²) in [6.07, 6.45) is -1.37. The molecule has 0 aromatic carbocycles. The smallest absolute Gasteiger partial charge is 0.323 e. The molecule has 11 heavy (non-hydrogen) atoms. The van der Waals surface area contributed by atoms with Crippen molar-refractivity contribution in [3.05, 3.63) is 0 Å². The van der Waals surface area contributed by atoms with Crippen LogP contribution in [0.3, 0.4) is 0 Å². The molecule has 1 aliphatic rings. The van der Waals surface area contributed by atoms with Gasteiger partial charge in [0.05, 0.1) is 6.61 Å². The maximum Gasteiger partial charge on any atom is 0.323 e. The predicted molar refractivity (Wildman–Crippen MR) is 35.6 cm³/mol. The third kappa shape index (κ3) is 1.68. The Bertz CT molecular complexity index is 161. The van der Waals surface area contributed by atoms with E-state index in [1.165, 1.54) is 0 Å². The van der Waals surface area contributed by atoms with Crippen LogP contribution in [0.1, 0.15) is 6.42 Å². The van der Waals surface area contributed by atoms with Crippen LogP contribution in [0.15, 0.2) is 0 Å². The molecule has 0 aromatic rings. The summed E-state index contributed by atoms with van der Waals surface area (Å²) in [5.41, 5.74) is 5.29. The van der Waals surface area contributed by atoms with E-state index < -0.39 is 30.8 Å². The summed E-state index contributed by atoms with van der Waals surface area (Å²) in [6, 6.07) is -0.652. The largest absolute Gasteiger partial charge is 0.458 e. The number of aliphatic hydroxyl groups excluding tert-OH is 2. The van der Waals surface area contributed by atoms with Crippen LogP contribution in [-0.2, 0) is 9.53 Å². The molecular formula is C6H11NO4. The van der Waals surface area contributed by atoms with Gasteiger partial charge in [-0.15, -0.1) is 0 Å². The average Bonchev–Trinajstić information content (AvgIpc) is 2.31. The standard InChI is InChI=1S/C6H11NO4/c7-3-1-5(4(9)2-8)11-6(3)10/h3-5,8-9H,1-2,7H2. The van der Waals surface area contributed by atoms with Crippen molar-refractivity contribution in [2.75, 3.05) is 6.61 Å². The molecule has 0 radical (unpaired) electrons. The highest BCUT2D eigenvalue weighted by Crippen LogP contribution is 2.15. The van der Waals surface area contributed by atoms with Crippen LogP contribution < -0.4 is 5.73 Å². The van der Waals surface area contributed by atoms with Crippen molar-refractivity contribution in [1.29, 1.82) is 0 Å². The van der Waals surface area contributed by atoms with E-state index in [0.29, 0.717) is 0 Å². The van der Waals surface area contributed by atoms with Crippen molar-refractivity contribution in [1.82, 2.24) is 0 Å². The Labute approximate surface area is 63.8 Å². The average molecular weight is 161 g/mol. The van der Waals surface area contributed by atoms with Crippen LogP contribution in [0.5, 0.6) is 0 Å². The maximum atomic E-state index is 10.7. The van der Waals surface area contributed by atoms with E-state index in [1.807, 2.05) is 0 Å².